The van der Waals surface area contributed by atoms with E-state index in [1.807, 2.05) is 78.0 Å². The number of piperidine rings is 2. The molecule has 554 valence electrons. The van der Waals surface area contributed by atoms with Gasteiger partial charge in [0.15, 0.2) is 0 Å². The number of nitrogens with one attached hydrogen (secondary N) is 2. The Labute approximate surface area is 593 Å². The van der Waals surface area contributed by atoms with Gasteiger partial charge in [0.25, 0.3) is 0 Å². The van der Waals surface area contributed by atoms with Crippen LogP contribution >= 0.6 is 0 Å². The van der Waals surface area contributed by atoms with E-state index in [1.54, 1.807) is 21.3 Å². The summed E-state index contributed by atoms with van der Waals surface area (Å²) in [6.07, 6.45) is 24.5. The number of methoxy groups -OCH3 is 3. The van der Waals surface area contributed by atoms with Crippen molar-refractivity contribution in [3.05, 3.63) is 36.5 Å². The second-order valence-electron chi connectivity index (χ2n) is 36.2. The fraction of sp³-hybridized carbons (Fsp3) is 0.841. The third-order valence-corrected chi connectivity index (χ3v) is 32.2. The van der Waals surface area contributed by atoms with Gasteiger partial charge in [-0.2, -0.15) is 0 Å². The van der Waals surface area contributed by atoms with Crippen LogP contribution in [-0.2, 0) is 47.7 Å². The van der Waals surface area contributed by atoms with E-state index >= 15 is 0 Å². The lowest BCUT2D eigenvalue weighted by molar-refractivity contribution is -0.189. The molecule has 0 spiro atoms. The summed E-state index contributed by atoms with van der Waals surface area (Å²) < 4.78 is 30.7. The molecule has 99 heavy (non-hydrogen) atoms. The van der Waals surface area contributed by atoms with Gasteiger partial charge in [0.2, 0.25) is 11.8 Å². The molecule has 8 unspecified atom stereocenters. The molecule has 9 aliphatic carbocycles. The van der Waals surface area contributed by atoms with Crippen LogP contribution in [0.5, 0.6) is 0 Å². The SMILES string of the molecule is CC=C[C@]1(C)C[C@@H](O)[C@@]2(C)C3[C@H](OC)CCC3(CC[C@H]2C)[C@@H](C)C1=O.CC=C[C@]1(C)C[C@@H](OC(=O)NC(=O)[C@@H]2CN3CC[C@@H]2C3)[C@@]2(C)C3[C@H](OC)CCC3(CC[C@H]2C)[C@@H](C)C1=O.CC=C[C@]1(C)C[C@@H](OC(=O)NC(=O)[C@H]2CN3CC[C@@H]2C3)[C@@]2(C)C3[C@H](OC)CCC3(CC[C@H]2C)[C@@H](C)C1=O. The number of Topliss-reactive ketones (excluding diaryl/α,β-unsaturated/α-hetero) is 3. The Hall–Kier alpha value is -4.13. The fourth-order valence-corrected chi connectivity index (χ4v) is 26.1. The Balaban J connectivity index is 0.000000153. The maximum absolute atomic E-state index is 14.2. The number of hydrogen-bond donors (Lipinski definition) is 3. The third-order valence-electron chi connectivity index (χ3n) is 32.2. The van der Waals surface area contributed by atoms with Crippen molar-refractivity contribution in [2.45, 2.75) is 250 Å². The largest absolute Gasteiger partial charge is 0.445 e. The number of ketones is 3. The summed E-state index contributed by atoms with van der Waals surface area (Å²) in [6, 6.07) is 0. The fourth-order valence-electron chi connectivity index (χ4n) is 26.1. The van der Waals surface area contributed by atoms with Crippen molar-refractivity contribution in [3.8, 4) is 0 Å². The number of amides is 4. The number of fused-ring (bicyclic) bond motifs is 4. The molecule has 0 radical (unpaired) electrons. The van der Waals surface area contributed by atoms with E-state index in [1.165, 1.54) is 0 Å². The average molecular weight is 1380 g/mol. The van der Waals surface area contributed by atoms with Gasteiger partial charge < -0.3 is 38.6 Å². The van der Waals surface area contributed by atoms with Crippen molar-refractivity contribution in [2.24, 2.45) is 126 Å². The molecule has 0 aromatic rings. The first-order valence-electron chi connectivity index (χ1n) is 39.0. The van der Waals surface area contributed by atoms with Crippen LogP contribution in [0.2, 0.25) is 0 Å². The quantitative estimate of drug-likeness (QED) is 0.173. The molecule has 17 nitrogen and oxygen atoms in total. The molecule has 9 saturated carbocycles. The van der Waals surface area contributed by atoms with Gasteiger partial charge in [-0.3, -0.25) is 34.6 Å². The molecule has 13 rings (SSSR count). The van der Waals surface area contributed by atoms with Gasteiger partial charge in [-0.05, 0) is 203 Å². The van der Waals surface area contributed by atoms with Crippen molar-refractivity contribution in [3.63, 3.8) is 0 Å². The summed E-state index contributed by atoms with van der Waals surface area (Å²) in [7, 11) is 5.35. The molecule has 0 aromatic carbocycles. The van der Waals surface area contributed by atoms with Crippen molar-refractivity contribution in [1.29, 1.82) is 0 Å². The normalized spacial score (nSPS) is 50.1. The van der Waals surface area contributed by atoms with Gasteiger partial charge in [-0.15, -0.1) is 0 Å². The number of imide groups is 2. The van der Waals surface area contributed by atoms with Gasteiger partial charge in [-0.1, -0.05) is 98.8 Å². The number of ether oxygens (including phenoxy) is 5. The first-order chi connectivity index (χ1) is 46.7. The van der Waals surface area contributed by atoms with Crippen LogP contribution in [0.1, 0.15) is 213 Å². The van der Waals surface area contributed by atoms with Gasteiger partial charge in [0.05, 0.1) is 36.3 Å². The Bertz CT molecular complexity index is 3020. The number of aliphatic hydroxyl groups excluding tert-OH is 1. The highest BCUT2D eigenvalue weighted by molar-refractivity contribution is 5.95. The highest BCUT2D eigenvalue weighted by atomic mass is 16.6. The van der Waals surface area contributed by atoms with E-state index in [0.717, 1.165) is 116 Å². The molecule has 4 heterocycles. The summed E-state index contributed by atoms with van der Waals surface area (Å²) in [6.45, 7) is 37.3. The summed E-state index contributed by atoms with van der Waals surface area (Å²) in [5, 5.41) is 16.6. The van der Waals surface area contributed by atoms with E-state index in [4.69, 9.17) is 23.7 Å². The van der Waals surface area contributed by atoms with E-state index < -0.39 is 46.7 Å². The lowest BCUT2D eigenvalue weighted by Crippen LogP contribution is -2.63. The van der Waals surface area contributed by atoms with Crippen LogP contribution in [-0.4, -0.2) is 153 Å². The summed E-state index contributed by atoms with van der Waals surface area (Å²) in [4.78, 5) is 99.3. The molecule has 4 aliphatic heterocycles. The van der Waals surface area contributed by atoms with E-state index in [2.05, 4.69) is 82.7 Å². The Morgan fingerprint density at radius 2 is 0.747 bits per heavy atom. The number of alkyl carbamates (subject to hydrolysis) is 2. The van der Waals surface area contributed by atoms with Crippen molar-refractivity contribution >= 4 is 41.4 Å². The molecular formula is C82H128N4O13. The monoisotopic (exact) mass is 1380 g/mol. The minimum absolute atomic E-state index is 0.0122. The highest BCUT2D eigenvalue weighted by Crippen LogP contribution is 2.72. The summed E-state index contributed by atoms with van der Waals surface area (Å²) in [5.41, 5.74) is -3.41. The molecular weight excluding hydrogens is 1250 g/mol. The summed E-state index contributed by atoms with van der Waals surface area (Å²) >= 11 is 0. The van der Waals surface area contributed by atoms with Crippen LogP contribution in [0.15, 0.2) is 36.5 Å². The number of hydrogen-bond acceptors (Lipinski definition) is 15. The minimum Gasteiger partial charge on any atom is -0.445 e. The first kappa shape index (κ1) is 76.0. The van der Waals surface area contributed by atoms with Crippen molar-refractivity contribution < 1.29 is 62.4 Å². The molecule has 4 saturated heterocycles. The van der Waals surface area contributed by atoms with E-state index in [-0.39, 0.29) is 133 Å². The second kappa shape index (κ2) is 28.1. The van der Waals surface area contributed by atoms with Gasteiger partial charge in [-0.25, -0.2) is 9.59 Å². The lowest BCUT2D eigenvalue weighted by Gasteiger charge is -2.61. The predicted molar refractivity (Wildman–Crippen MR) is 381 cm³/mol. The van der Waals surface area contributed by atoms with Crippen LogP contribution in [0.25, 0.3) is 0 Å². The van der Waals surface area contributed by atoms with Crippen molar-refractivity contribution in [2.75, 3.05) is 60.6 Å². The number of nitrogens with zero attached hydrogens (tertiary/aromatic N) is 2. The van der Waals surface area contributed by atoms with Crippen LogP contribution in [0.4, 0.5) is 9.59 Å². The smallest absolute Gasteiger partial charge is 0.414 e. The lowest BCUT2D eigenvalue weighted by atomic mass is 9.44. The molecule has 3 N–H and O–H groups in total. The standard InChI is InChI=1S/2C30H46N2O5.C22H36O3/c2*1-7-11-28(4)15-23(37-27(35)31-26(34)21-17-32-14-10-20(21)16-32)29(5)18(2)8-12-30(19(3)25(28)33)13-9-22(36-6)24(29)30;1-7-10-20(4)13-17(23)21(5)14(2)8-11-22(15(3)19(20)24)12-9-16(25-6)18(21)22/h2*7,11,18-24H,8-10,12-17H2,1-6H3,(H,31,34,35);7,10,14-18,23H,8-9,11-13H2,1-6H3/t18-,19+,20-,21+,22-,23-,24?,28-,29+,30?;18-,19+,20-,21-,22-,23-,24?,28-,29+,30?;14-,15+,16-,17-,18?,20-,21+,22?/m111/s1. The zero-order valence-corrected chi connectivity index (χ0v) is 63.9. The molecule has 13 aliphatic rings. The molecule has 10 bridgehead atoms. The number of allylic oxidation sites excluding steroid dienone is 6. The van der Waals surface area contributed by atoms with Crippen LogP contribution in [0, 0.1) is 126 Å². The first-order valence-corrected chi connectivity index (χ1v) is 39.0. The second-order valence-corrected chi connectivity index (χ2v) is 36.2. The summed E-state index contributed by atoms with van der Waals surface area (Å²) in [5.74, 6) is 1.93. The highest BCUT2D eigenvalue weighted by Gasteiger charge is 2.72. The number of aliphatic hydroxyl groups is 1. The average Bonchev–Trinajstić information content (AvgIpc) is 1.67. The zero-order chi connectivity index (χ0) is 72.1. The topological polar surface area (TPSA) is 216 Å². The van der Waals surface area contributed by atoms with Crippen LogP contribution in [0.3, 0.4) is 0 Å². The number of carbonyl (C=O) groups excluding carboxylic acids is 7. The van der Waals surface area contributed by atoms with Gasteiger partial charge in [0, 0.05) is 122 Å². The van der Waals surface area contributed by atoms with Crippen molar-refractivity contribution in [1.82, 2.24) is 20.4 Å². The minimum atomic E-state index is -0.748. The van der Waals surface area contributed by atoms with Gasteiger partial charge >= 0.3 is 12.2 Å². The molecule has 0 aromatic heterocycles. The number of carbonyl (C=O) groups is 7. The maximum Gasteiger partial charge on any atom is 0.414 e. The van der Waals surface area contributed by atoms with E-state index in [0.29, 0.717) is 55.9 Å². The molecule has 13 fully saturated rings. The Morgan fingerprint density at radius 3 is 1.04 bits per heavy atom. The molecule has 30 atom stereocenters. The Morgan fingerprint density at radius 1 is 0.444 bits per heavy atom. The predicted octanol–water partition coefficient (Wildman–Crippen LogP) is 13.6. The third kappa shape index (κ3) is 12.2. The Kier molecular flexibility index (Phi) is 21.5. The number of rotatable bonds is 10. The van der Waals surface area contributed by atoms with Crippen LogP contribution < -0.4 is 10.6 Å². The van der Waals surface area contributed by atoms with E-state index in [9.17, 15) is 38.7 Å². The molecule has 4 amide bonds. The zero-order valence-electron chi connectivity index (χ0n) is 63.9. The van der Waals surface area contributed by atoms with Gasteiger partial charge in [0.1, 0.15) is 29.6 Å². The molecule has 17 heteroatoms. The maximum atomic E-state index is 14.2.